The molecule has 29 heavy (non-hydrogen) atoms. The van der Waals surface area contributed by atoms with E-state index in [2.05, 4.69) is 35.2 Å². The molecule has 0 spiro atoms. The molecule has 3 heterocycles. The van der Waals surface area contributed by atoms with Crippen molar-refractivity contribution in [3.05, 3.63) is 90.0 Å². The van der Waals surface area contributed by atoms with Gasteiger partial charge in [0.15, 0.2) is 11.5 Å². The third-order valence-corrected chi connectivity index (χ3v) is 5.61. The minimum absolute atomic E-state index is 0.724. The van der Waals surface area contributed by atoms with Crippen LogP contribution in [0.5, 0.6) is 0 Å². The summed E-state index contributed by atoms with van der Waals surface area (Å²) in [5, 5.41) is 5.88. The van der Waals surface area contributed by atoms with Gasteiger partial charge in [-0.1, -0.05) is 66.7 Å². The lowest BCUT2D eigenvalue weighted by Crippen LogP contribution is -2.32. The maximum absolute atomic E-state index is 4.99. The standard InChI is InChI=1S/C24H19N5/c1-2-9-18(10-3-1)22-26-23-20-12-6-7-13-21(20)25-24(29(23)27-22)28-15-14-17-8-4-5-11-19(17)16-28/h1-13H,14-16H2. The molecule has 0 N–H and O–H groups in total. The highest BCUT2D eigenvalue weighted by Crippen LogP contribution is 2.28. The van der Waals surface area contributed by atoms with Crippen LogP contribution < -0.4 is 4.90 Å². The van der Waals surface area contributed by atoms with Gasteiger partial charge in [0.05, 0.1) is 5.52 Å². The second-order valence-electron chi connectivity index (χ2n) is 7.41. The van der Waals surface area contributed by atoms with Crippen LogP contribution in [-0.2, 0) is 13.0 Å². The number of hydrogen-bond donors (Lipinski definition) is 0. The first-order chi connectivity index (χ1) is 14.4. The first-order valence-corrected chi connectivity index (χ1v) is 9.89. The van der Waals surface area contributed by atoms with Crippen LogP contribution in [0.15, 0.2) is 78.9 Å². The molecule has 0 unspecified atom stereocenters. The first-order valence-electron chi connectivity index (χ1n) is 9.89. The lowest BCUT2D eigenvalue weighted by molar-refractivity contribution is 0.692. The Labute approximate surface area is 168 Å². The minimum atomic E-state index is 0.724. The molecular weight excluding hydrogens is 358 g/mol. The number of rotatable bonds is 2. The normalized spacial score (nSPS) is 13.7. The molecule has 0 atom stereocenters. The molecule has 5 aromatic rings. The summed E-state index contributed by atoms with van der Waals surface area (Å²) in [6.45, 7) is 1.75. The largest absolute Gasteiger partial charge is 0.336 e. The van der Waals surface area contributed by atoms with Crippen LogP contribution in [0.3, 0.4) is 0 Å². The van der Waals surface area contributed by atoms with Crippen molar-refractivity contribution in [2.45, 2.75) is 13.0 Å². The lowest BCUT2D eigenvalue weighted by Gasteiger charge is -2.29. The van der Waals surface area contributed by atoms with Gasteiger partial charge in [-0.05, 0) is 29.7 Å². The van der Waals surface area contributed by atoms with Crippen LogP contribution in [0.4, 0.5) is 5.95 Å². The van der Waals surface area contributed by atoms with Gasteiger partial charge in [-0.3, -0.25) is 0 Å². The highest BCUT2D eigenvalue weighted by molar-refractivity contribution is 5.93. The number of benzene rings is 3. The molecule has 5 heteroatoms. The van der Waals surface area contributed by atoms with Gasteiger partial charge in [0.1, 0.15) is 0 Å². The number of fused-ring (bicyclic) bond motifs is 4. The molecule has 0 aliphatic carbocycles. The fourth-order valence-corrected chi connectivity index (χ4v) is 4.12. The average Bonchev–Trinajstić information content (AvgIpc) is 3.25. The van der Waals surface area contributed by atoms with E-state index < -0.39 is 0 Å². The van der Waals surface area contributed by atoms with Crippen molar-refractivity contribution in [2.24, 2.45) is 0 Å². The zero-order chi connectivity index (χ0) is 19.2. The van der Waals surface area contributed by atoms with Gasteiger partial charge < -0.3 is 4.90 Å². The predicted molar refractivity (Wildman–Crippen MR) is 115 cm³/mol. The fourth-order valence-electron chi connectivity index (χ4n) is 4.12. The third-order valence-electron chi connectivity index (χ3n) is 5.61. The summed E-state index contributed by atoms with van der Waals surface area (Å²) < 4.78 is 1.92. The number of anilines is 1. The van der Waals surface area contributed by atoms with E-state index >= 15 is 0 Å². The number of aromatic nitrogens is 4. The van der Waals surface area contributed by atoms with Gasteiger partial charge in [0.25, 0.3) is 0 Å². The first kappa shape index (κ1) is 16.2. The summed E-state index contributed by atoms with van der Waals surface area (Å²) in [6.07, 6.45) is 1.01. The van der Waals surface area contributed by atoms with E-state index in [4.69, 9.17) is 15.1 Å². The molecule has 1 aliphatic heterocycles. The van der Waals surface area contributed by atoms with Crippen LogP contribution >= 0.6 is 0 Å². The van der Waals surface area contributed by atoms with Crippen LogP contribution in [0.1, 0.15) is 11.1 Å². The summed E-state index contributed by atoms with van der Waals surface area (Å²) >= 11 is 0. The topological polar surface area (TPSA) is 46.3 Å². The summed E-state index contributed by atoms with van der Waals surface area (Å²) in [6, 6.07) is 26.9. The van der Waals surface area contributed by atoms with Gasteiger partial charge in [-0.15, -0.1) is 5.10 Å². The molecule has 140 valence electrons. The lowest BCUT2D eigenvalue weighted by atomic mass is 10.0. The molecular formula is C24H19N5. The van der Waals surface area contributed by atoms with Crippen LogP contribution in [0.2, 0.25) is 0 Å². The van der Waals surface area contributed by atoms with Crippen LogP contribution in [0.25, 0.3) is 27.9 Å². The van der Waals surface area contributed by atoms with E-state index in [9.17, 15) is 0 Å². The smallest absolute Gasteiger partial charge is 0.229 e. The van der Waals surface area contributed by atoms with Crippen molar-refractivity contribution in [2.75, 3.05) is 11.4 Å². The summed E-state index contributed by atoms with van der Waals surface area (Å²) in [5.41, 5.74) is 5.58. The number of hydrogen-bond acceptors (Lipinski definition) is 4. The third kappa shape index (κ3) is 2.66. The molecule has 1 aliphatic rings. The molecule has 3 aromatic carbocycles. The highest BCUT2D eigenvalue weighted by Gasteiger charge is 2.22. The van der Waals surface area contributed by atoms with Gasteiger partial charge in [0, 0.05) is 24.0 Å². The van der Waals surface area contributed by atoms with Crippen molar-refractivity contribution < 1.29 is 0 Å². The maximum atomic E-state index is 4.99. The van der Waals surface area contributed by atoms with Crippen molar-refractivity contribution >= 4 is 22.5 Å². The van der Waals surface area contributed by atoms with E-state index in [1.807, 2.05) is 53.0 Å². The van der Waals surface area contributed by atoms with Crippen LogP contribution in [0, 0.1) is 0 Å². The quantitative estimate of drug-likeness (QED) is 0.454. The van der Waals surface area contributed by atoms with Gasteiger partial charge in [-0.2, -0.15) is 4.52 Å². The SMILES string of the molecule is c1ccc(-c2nc3c4ccccc4nc(N4CCc5ccccc5C4)n3n2)cc1. The molecule has 5 nitrogen and oxygen atoms in total. The summed E-state index contributed by atoms with van der Waals surface area (Å²) in [4.78, 5) is 12.2. The number of para-hydroxylation sites is 1. The molecule has 6 rings (SSSR count). The molecule has 0 saturated heterocycles. The van der Waals surface area contributed by atoms with Gasteiger partial charge >= 0.3 is 0 Å². The van der Waals surface area contributed by atoms with Gasteiger partial charge in [-0.25, -0.2) is 9.97 Å². The highest BCUT2D eigenvalue weighted by atomic mass is 15.4. The van der Waals surface area contributed by atoms with E-state index in [0.717, 1.165) is 53.4 Å². The molecule has 0 saturated carbocycles. The Morgan fingerprint density at radius 3 is 2.38 bits per heavy atom. The minimum Gasteiger partial charge on any atom is -0.336 e. The Bertz CT molecular complexity index is 1340. The number of nitrogens with zero attached hydrogens (tertiary/aromatic N) is 5. The second kappa shape index (κ2) is 6.41. The Kier molecular flexibility index (Phi) is 3.59. The zero-order valence-electron chi connectivity index (χ0n) is 15.9. The maximum Gasteiger partial charge on any atom is 0.229 e. The molecule has 0 fully saturated rings. The van der Waals surface area contributed by atoms with E-state index in [1.165, 1.54) is 11.1 Å². The summed E-state index contributed by atoms with van der Waals surface area (Å²) in [7, 11) is 0. The van der Waals surface area contributed by atoms with Crippen LogP contribution in [-0.4, -0.2) is 26.1 Å². The van der Waals surface area contributed by atoms with Crippen molar-refractivity contribution in [3.63, 3.8) is 0 Å². The van der Waals surface area contributed by atoms with Gasteiger partial charge in [0.2, 0.25) is 5.95 Å². The Balaban J connectivity index is 1.56. The Morgan fingerprint density at radius 2 is 1.48 bits per heavy atom. The van der Waals surface area contributed by atoms with Crippen molar-refractivity contribution in [1.29, 1.82) is 0 Å². The van der Waals surface area contributed by atoms with E-state index in [0.29, 0.717) is 0 Å². The molecule has 0 radical (unpaired) electrons. The predicted octanol–water partition coefficient (Wildman–Crippen LogP) is 4.51. The monoisotopic (exact) mass is 377 g/mol. The molecule has 2 aromatic heterocycles. The molecule has 0 bridgehead atoms. The fraction of sp³-hybridized carbons (Fsp3) is 0.125. The average molecular weight is 377 g/mol. The van der Waals surface area contributed by atoms with E-state index in [-0.39, 0.29) is 0 Å². The zero-order valence-corrected chi connectivity index (χ0v) is 15.9. The van der Waals surface area contributed by atoms with E-state index in [1.54, 1.807) is 0 Å². The molecule has 0 amide bonds. The second-order valence-corrected chi connectivity index (χ2v) is 7.41. The van der Waals surface area contributed by atoms with Crippen molar-refractivity contribution in [3.8, 4) is 11.4 Å². The van der Waals surface area contributed by atoms with Crippen molar-refractivity contribution in [1.82, 2.24) is 19.6 Å². The Morgan fingerprint density at radius 1 is 0.724 bits per heavy atom. The Hall–Kier alpha value is -3.73. The summed E-state index contributed by atoms with van der Waals surface area (Å²) in [5.74, 6) is 1.57.